The van der Waals surface area contributed by atoms with Crippen LogP contribution in [0.15, 0.2) is 98.1 Å². The fourth-order valence-corrected chi connectivity index (χ4v) is 11.8. The zero-order valence-corrected chi connectivity index (χ0v) is 38.5. The van der Waals surface area contributed by atoms with Crippen LogP contribution in [0.2, 0.25) is 0 Å². The molecule has 6 aliphatic rings. The maximum atomic E-state index is 11.5. The summed E-state index contributed by atoms with van der Waals surface area (Å²) in [6, 6.07) is 21.9. The van der Waals surface area contributed by atoms with Gasteiger partial charge in [0.1, 0.15) is 23.7 Å². The topological polar surface area (TPSA) is 112 Å². The second-order valence-electron chi connectivity index (χ2n) is 20.4. The highest BCUT2D eigenvalue weighted by atomic mass is 16.5. The molecule has 10 nitrogen and oxygen atoms in total. The van der Waals surface area contributed by atoms with Crippen molar-refractivity contribution < 1.29 is 29.2 Å². The number of aliphatic hydroxyl groups excluding tert-OH is 2. The molecular formula is C56H68N4O6. The van der Waals surface area contributed by atoms with Gasteiger partial charge in [0.05, 0.1) is 74.7 Å². The highest BCUT2D eigenvalue weighted by Gasteiger charge is 2.36. The Morgan fingerprint density at radius 3 is 1.18 bits per heavy atom. The lowest BCUT2D eigenvalue weighted by Gasteiger charge is -2.33. The van der Waals surface area contributed by atoms with Gasteiger partial charge in [0.15, 0.2) is 0 Å². The molecule has 2 aromatic carbocycles. The third kappa shape index (κ3) is 9.80. The summed E-state index contributed by atoms with van der Waals surface area (Å²) in [5, 5.41) is 23.0. The van der Waals surface area contributed by atoms with E-state index in [4.69, 9.17) is 18.9 Å². The van der Waals surface area contributed by atoms with Gasteiger partial charge >= 0.3 is 0 Å². The van der Waals surface area contributed by atoms with Gasteiger partial charge in [-0.15, -0.1) is 0 Å². The predicted octanol–water partition coefficient (Wildman–Crippen LogP) is 11.6. The first-order valence-corrected chi connectivity index (χ1v) is 25.5. The molecule has 10 heteroatoms. The average molecular weight is 893 g/mol. The zero-order chi connectivity index (χ0) is 44.4. The maximum absolute atomic E-state index is 11.5. The molecular weight excluding hydrogens is 825 g/mol. The number of hydrogen-bond donors (Lipinski definition) is 2. The molecule has 0 spiro atoms. The summed E-state index contributed by atoms with van der Waals surface area (Å²) in [5.41, 5.74) is 9.92. The van der Waals surface area contributed by atoms with Gasteiger partial charge in [-0.25, -0.2) is 9.97 Å². The summed E-state index contributed by atoms with van der Waals surface area (Å²) < 4.78 is 27.2. The fourth-order valence-electron chi connectivity index (χ4n) is 11.8. The van der Waals surface area contributed by atoms with E-state index in [0.29, 0.717) is 35.5 Å². The third-order valence-electron chi connectivity index (χ3n) is 16.0. The van der Waals surface area contributed by atoms with E-state index in [1.807, 2.05) is 25.0 Å². The van der Waals surface area contributed by atoms with Crippen molar-refractivity contribution in [3.8, 4) is 11.5 Å². The van der Waals surface area contributed by atoms with Crippen LogP contribution in [0.1, 0.15) is 172 Å². The molecule has 0 bridgehead atoms. The molecule has 2 aliphatic heterocycles. The Morgan fingerprint density at radius 1 is 0.455 bits per heavy atom. The van der Waals surface area contributed by atoms with Crippen molar-refractivity contribution in [2.24, 2.45) is 11.8 Å². The van der Waals surface area contributed by atoms with Gasteiger partial charge in [-0.1, -0.05) is 24.3 Å². The van der Waals surface area contributed by atoms with Crippen molar-refractivity contribution in [3.63, 3.8) is 0 Å². The Balaban J connectivity index is 0.000000146. The molecule has 0 radical (unpaired) electrons. The van der Waals surface area contributed by atoms with Gasteiger partial charge in [-0.3, -0.25) is 0 Å². The van der Waals surface area contributed by atoms with Crippen LogP contribution in [0.3, 0.4) is 0 Å². The van der Waals surface area contributed by atoms with Gasteiger partial charge in [-0.05, 0) is 171 Å². The largest absolute Gasteiger partial charge is 0.490 e. The van der Waals surface area contributed by atoms with Crippen LogP contribution in [-0.2, 0) is 9.47 Å². The van der Waals surface area contributed by atoms with Gasteiger partial charge in [0.2, 0.25) is 0 Å². The number of benzene rings is 2. The molecule has 12 rings (SSSR count). The minimum Gasteiger partial charge on any atom is -0.490 e. The van der Waals surface area contributed by atoms with Crippen LogP contribution in [-0.4, -0.2) is 67.6 Å². The predicted molar refractivity (Wildman–Crippen MR) is 255 cm³/mol. The van der Waals surface area contributed by atoms with Crippen molar-refractivity contribution in [1.29, 1.82) is 0 Å². The summed E-state index contributed by atoms with van der Waals surface area (Å²) in [6.45, 7) is 3.20. The molecule has 2 saturated heterocycles. The van der Waals surface area contributed by atoms with E-state index in [0.717, 1.165) is 137 Å². The lowest BCUT2D eigenvalue weighted by molar-refractivity contribution is 0.0253. The summed E-state index contributed by atoms with van der Waals surface area (Å²) in [5.74, 6) is 4.94. The highest BCUT2D eigenvalue weighted by molar-refractivity contribution is 5.60. The van der Waals surface area contributed by atoms with Crippen molar-refractivity contribution in [2.45, 2.75) is 151 Å². The summed E-state index contributed by atoms with van der Waals surface area (Å²) in [7, 11) is 0. The number of fused-ring (bicyclic) bond motifs is 2. The zero-order valence-electron chi connectivity index (χ0n) is 38.5. The second-order valence-corrected chi connectivity index (χ2v) is 20.4. The Bertz CT molecular complexity index is 2320. The van der Waals surface area contributed by atoms with Gasteiger partial charge in [-0.2, -0.15) is 0 Å². The van der Waals surface area contributed by atoms with E-state index in [1.165, 1.54) is 47.9 Å². The summed E-state index contributed by atoms with van der Waals surface area (Å²) in [6.07, 6.45) is 29.1. The Labute approximate surface area is 389 Å². The van der Waals surface area contributed by atoms with Crippen molar-refractivity contribution >= 4 is 11.0 Å². The Hall–Kier alpha value is -4.74. The summed E-state index contributed by atoms with van der Waals surface area (Å²) in [4.78, 5) is 8.68. The van der Waals surface area contributed by atoms with E-state index in [1.54, 1.807) is 0 Å². The molecule has 348 valence electrons. The van der Waals surface area contributed by atoms with Gasteiger partial charge in [0.25, 0.3) is 0 Å². The van der Waals surface area contributed by atoms with Gasteiger partial charge in [0, 0.05) is 49.2 Å². The van der Waals surface area contributed by atoms with Crippen LogP contribution >= 0.6 is 0 Å². The Kier molecular flexibility index (Phi) is 13.2. The number of rotatable bonds is 12. The minimum atomic E-state index is -0.405. The fraction of sp³-hybridized carbons (Fsp3) is 0.536. The quantitative estimate of drug-likeness (QED) is 0.125. The number of aromatic nitrogens is 4. The number of ether oxygens (including phenoxy) is 4. The number of imidazole rings is 2. The second kappa shape index (κ2) is 19.8. The van der Waals surface area contributed by atoms with Crippen LogP contribution in [0.5, 0.6) is 11.5 Å². The average Bonchev–Trinajstić information content (AvgIpc) is 4.31. The molecule has 0 unspecified atom stereocenters. The number of hydrogen-bond acceptors (Lipinski definition) is 8. The molecule has 2 N–H and O–H groups in total. The Morgan fingerprint density at radius 2 is 0.818 bits per heavy atom. The molecule has 6 fully saturated rings. The molecule has 4 aliphatic carbocycles. The molecule has 4 aromatic heterocycles. The molecule has 4 saturated carbocycles. The van der Waals surface area contributed by atoms with Crippen molar-refractivity contribution in [2.75, 3.05) is 26.4 Å². The number of nitrogens with zero attached hydrogens (tertiary/aromatic N) is 4. The van der Waals surface area contributed by atoms with E-state index in [9.17, 15) is 10.2 Å². The van der Waals surface area contributed by atoms with E-state index < -0.39 is 12.2 Å². The number of pyridine rings is 2. The molecule has 66 heavy (non-hydrogen) atoms. The monoisotopic (exact) mass is 893 g/mol. The van der Waals surface area contributed by atoms with Crippen LogP contribution in [0.4, 0.5) is 0 Å². The van der Waals surface area contributed by atoms with E-state index in [-0.39, 0.29) is 12.2 Å². The summed E-state index contributed by atoms with van der Waals surface area (Å²) >= 11 is 0. The lowest BCUT2D eigenvalue weighted by atomic mass is 9.75. The van der Waals surface area contributed by atoms with Crippen LogP contribution in [0.25, 0.3) is 11.0 Å². The number of aliphatic hydroxyl groups is 2. The van der Waals surface area contributed by atoms with Crippen molar-refractivity contribution in [1.82, 2.24) is 18.8 Å². The maximum Gasteiger partial charge on any atom is 0.119 e. The van der Waals surface area contributed by atoms with E-state index in [2.05, 4.69) is 91.8 Å². The van der Waals surface area contributed by atoms with E-state index >= 15 is 0 Å². The molecule has 2 atom stereocenters. The first kappa shape index (κ1) is 43.8. The smallest absolute Gasteiger partial charge is 0.119 e. The first-order chi connectivity index (χ1) is 32.5. The van der Waals surface area contributed by atoms with Crippen molar-refractivity contribution in [3.05, 3.63) is 131 Å². The van der Waals surface area contributed by atoms with Gasteiger partial charge < -0.3 is 38.0 Å². The van der Waals surface area contributed by atoms with Crippen LogP contribution in [0, 0.1) is 11.8 Å². The molecule has 6 aromatic rings. The molecule has 6 heterocycles. The third-order valence-corrected chi connectivity index (χ3v) is 16.0. The van der Waals surface area contributed by atoms with Crippen LogP contribution < -0.4 is 9.47 Å². The standard InChI is InChI=1S/2C28H34N2O3/c2*31-28(27-25(21-3-4-21)11-14-30-18-29-17-26(27)30)22-5-1-19(2-6-22)20-7-9-23(10-8-20)33-24-12-15-32-16-13-24/h2*7-11,14,17-19,21-22,24,28,31H,1-6,12-13,15-16H2/t2*19?,22?,28-/m10/s1. The first-order valence-electron chi connectivity index (χ1n) is 25.5. The molecule has 0 amide bonds. The highest BCUT2D eigenvalue weighted by Crippen LogP contribution is 2.50. The minimum absolute atomic E-state index is 0.280. The SMILES string of the molecule is O[C@@H](c1c(C2CC2)ccn2cncc12)C1CCC(c2ccc(OC3CCOCC3)cc2)CC1.O[C@H](c1c(C2CC2)ccn2cncc12)C1CCC(c2ccc(OC3CCOCC3)cc2)CC1. The lowest BCUT2D eigenvalue weighted by Crippen LogP contribution is -2.25. The normalized spacial score (nSPS) is 25.2.